The van der Waals surface area contributed by atoms with Gasteiger partial charge in [0.2, 0.25) is 0 Å². The number of carbonyl (C=O) groups is 2. The van der Waals surface area contributed by atoms with Crippen LogP contribution in [0.1, 0.15) is 26.2 Å². The molecule has 0 heterocycles. The molecule has 2 N–H and O–H groups in total. The molecule has 2 rings (SSSR count). The van der Waals surface area contributed by atoms with E-state index >= 15 is 0 Å². The number of allylic oxidation sites excluding steroid dienone is 1. The van der Waals surface area contributed by atoms with Gasteiger partial charge in [0.1, 0.15) is 0 Å². The zero-order valence-corrected chi connectivity index (χ0v) is 11.1. The van der Waals surface area contributed by atoms with Crippen molar-refractivity contribution in [3.63, 3.8) is 0 Å². The van der Waals surface area contributed by atoms with Crippen molar-refractivity contribution < 1.29 is 19.8 Å². The smallest absolute Gasteiger partial charge is 0.313 e. The molecule has 17 heavy (non-hydrogen) atoms. The molecule has 0 saturated heterocycles. The Balaban J connectivity index is 2.43. The fourth-order valence-electron chi connectivity index (χ4n) is 2.72. The van der Waals surface area contributed by atoms with Crippen LogP contribution in [-0.2, 0) is 9.59 Å². The average Bonchev–Trinajstić information content (AvgIpc) is 3.05. The first kappa shape index (κ1) is 12.6. The van der Waals surface area contributed by atoms with Gasteiger partial charge in [-0.1, -0.05) is 28.1 Å². The zero-order chi connectivity index (χ0) is 12.8. The van der Waals surface area contributed by atoms with Crippen LogP contribution in [0.15, 0.2) is 12.2 Å². The third-order valence-corrected chi connectivity index (χ3v) is 5.10. The highest BCUT2D eigenvalue weighted by Gasteiger charge is 2.60. The number of carboxylic acids is 2. The van der Waals surface area contributed by atoms with Crippen molar-refractivity contribution in [3.05, 3.63) is 12.2 Å². The van der Waals surface area contributed by atoms with Gasteiger partial charge in [-0.2, -0.15) is 0 Å². The van der Waals surface area contributed by atoms with E-state index in [0.29, 0.717) is 0 Å². The second-order valence-electron chi connectivity index (χ2n) is 5.28. The van der Waals surface area contributed by atoms with Gasteiger partial charge in [0.25, 0.3) is 0 Å². The largest absolute Gasteiger partial charge is 0.481 e. The van der Waals surface area contributed by atoms with E-state index in [0.717, 1.165) is 12.8 Å². The lowest BCUT2D eigenvalue weighted by molar-refractivity contribution is -0.156. The van der Waals surface area contributed by atoms with E-state index in [4.69, 9.17) is 0 Å². The van der Waals surface area contributed by atoms with Crippen molar-refractivity contribution in [2.75, 3.05) is 0 Å². The normalized spacial score (nSPS) is 41.2. The molecule has 0 bridgehead atoms. The molecule has 3 atom stereocenters. The summed E-state index contributed by atoms with van der Waals surface area (Å²) in [5, 5.41) is 18.8. The number of carboxylic acid groups (broad SMARTS) is 2. The minimum absolute atomic E-state index is 0.0907. The van der Waals surface area contributed by atoms with Crippen molar-refractivity contribution in [2.24, 2.45) is 16.7 Å². The van der Waals surface area contributed by atoms with Gasteiger partial charge in [-0.05, 0) is 32.1 Å². The summed E-state index contributed by atoms with van der Waals surface area (Å²) < 4.78 is 0. The Labute approximate surface area is 108 Å². The van der Waals surface area contributed by atoms with E-state index < -0.39 is 22.8 Å². The lowest BCUT2D eigenvalue weighted by atomic mass is 9.63. The summed E-state index contributed by atoms with van der Waals surface area (Å²) >= 11 is 3.39. The molecule has 0 spiro atoms. The molecule has 1 fully saturated rings. The first-order valence-electron chi connectivity index (χ1n) is 5.63. The third-order valence-electron chi connectivity index (χ3n) is 3.98. The molecular weight excluding hydrogens is 288 g/mol. The maximum absolute atomic E-state index is 11.6. The Kier molecular flexibility index (Phi) is 2.84. The van der Waals surface area contributed by atoms with Gasteiger partial charge in [-0.25, -0.2) is 0 Å². The Hall–Kier alpha value is -0.840. The van der Waals surface area contributed by atoms with Crippen LogP contribution in [0.2, 0.25) is 0 Å². The Morgan fingerprint density at radius 1 is 1.29 bits per heavy atom. The van der Waals surface area contributed by atoms with Crippen molar-refractivity contribution >= 4 is 27.9 Å². The Morgan fingerprint density at radius 3 is 2.29 bits per heavy atom. The lowest BCUT2D eigenvalue weighted by Gasteiger charge is -2.41. The highest BCUT2D eigenvalue weighted by Crippen LogP contribution is 2.58. The molecule has 0 radical (unpaired) electrons. The van der Waals surface area contributed by atoms with Crippen molar-refractivity contribution in [1.82, 2.24) is 0 Å². The molecule has 0 aliphatic heterocycles. The monoisotopic (exact) mass is 302 g/mol. The first-order chi connectivity index (χ1) is 7.83. The van der Waals surface area contributed by atoms with Gasteiger partial charge in [0.15, 0.2) is 0 Å². The van der Waals surface area contributed by atoms with E-state index in [2.05, 4.69) is 15.9 Å². The molecule has 1 saturated carbocycles. The number of hydrogen-bond donors (Lipinski definition) is 2. The fraction of sp³-hybridized carbons (Fsp3) is 0.667. The van der Waals surface area contributed by atoms with Crippen molar-refractivity contribution in [1.29, 1.82) is 0 Å². The standard InChI is InChI=1S/C12H15BrO4/c1-11(9(14)15)5-4-8(13)12(6-11,10(16)17)7-2-3-7/h4-5,7-8H,2-3,6H2,1H3,(H,14,15)(H,16,17). The average molecular weight is 303 g/mol. The Bertz CT molecular complexity index is 401. The van der Waals surface area contributed by atoms with Crippen LogP contribution in [0.5, 0.6) is 0 Å². The predicted molar refractivity (Wildman–Crippen MR) is 65.0 cm³/mol. The van der Waals surface area contributed by atoms with Gasteiger partial charge >= 0.3 is 11.9 Å². The van der Waals surface area contributed by atoms with E-state index in [-0.39, 0.29) is 17.2 Å². The van der Waals surface area contributed by atoms with Crippen LogP contribution >= 0.6 is 15.9 Å². The topological polar surface area (TPSA) is 74.6 Å². The van der Waals surface area contributed by atoms with Crippen LogP contribution in [0.25, 0.3) is 0 Å². The summed E-state index contributed by atoms with van der Waals surface area (Å²) in [6.07, 6.45) is 5.19. The van der Waals surface area contributed by atoms with Gasteiger partial charge in [0.05, 0.1) is 10.8 Å². The molecule has 0 aromatic carbocycles. The minimum atomic E-state index is -1.08. The maximum atomic E-state index is 11.6. The SMILES string of the molecule is CC1(C(=O)O)C=CC(Br)C(C(=O)O)(C2CC2)C1. The molecule has 0 amide bonds. The second kappa shape index (κ2) is 3.83. The number of aliphatic carboxylic acids is 2. The van der Waals surface area contributed by atoms with E-state index in [1.54, 1.807) is 19.1 Å². The van der Waals surface area contributed by atoms with Gasteiger partial charge in [-0.3, -0.25) is 9.59 Å². The van der Waals surface area contributed by atoms with Crippen molar-refractivity contribution in [2.45, 2.75) is 31.0 Å². The molecule has 0 aromatic rings. The number of halogens is 1. The molecule has 2 aliphatic carbocycles. The first-order valence-corrected chi connectivity index (χ1v) is 6.55. The maximum Gasteiger partial charge on any atom is 0.313 e. The fourth-order valence-corrected chi connectivity index (χ4v) is 3.60. The summed E-state index contributed by atoms with van der Waals surface area (Å²) in [5.41, 5.74) is -2.05. The number of rotatable bonds is 3. The molecular formula is C12H15BrO4. The predicted octanol–water partition coefficient (Wildman–Crippen LogP) is 2.28. The highest BCUT2D eigenvalue weighted by atomic mass is 79.9. The van der Waals surface area contributed by atoms with Gasteiger partial charge < -0.3 is 10.2 Å². The number of alkyl halides is 1. The van der Waals surface area contributed by atoms with E-state index in [1.165, 1.54) is 0 Å². The summed E-state index contributed by atoms with van der Waals surface area (Å²) in [6, 6.07) is 0. The molecule has 2 aliphatic rings. The van der Waals surface area contributed by atoms with Crippen LogP contribution in [0, 0.1) is 16.7 Å². The minimum Gasteiger partial charge on any atom is -0.481 e. The lowest BCUT2D eigenvalue weighted by Crippen LogP contribution is -2.49. The van der Waals surface area contributed by atoms with Crippen LogP contribution in [-0.4, -0.2) is 27.0 Å². The van der Waals surface area contributed by atoms with Crippen LogP contribution in [0.4, 0.5) is 0 Å². The summed E-state index contributed by atoms with van der Waals surface area (Å²) in [7, 11) is 0. The summed E-state index contributed by atoms with van der Waals surface area (Å²) in [5.74, 6) is -1.76. The molecule has 3 unspecified atom stereocenters. The van der Waals surface area contributed by atoms with E-state index in [1.807, 2.05) is 0 Å². The molecule has 5 heteroatoms. The quantitative estimate of drug-likeness (QED) is 0.619. The van der Waals surface area contributed by atoms with E-state index in [9.17, 15) is 19.8 Å². The molecule has 4 nitrogen and oxygen atoms in total. The van der Waals surface area contributed by atoms with Crippen LogP contribution in [0.3, 0.4) is 0 Å². The zero-order valence-electron chi connectivity index (χ0n) is 9.52. The summed E-state index contributed by atoms with van der Waals surface area (Å²) in [4.78, 5) is 22.6. The van der Waals surface area contributed by atoms with Gasteiger partial charge in [0, 0.05) is 4.83 Å². The Morgan fingerprint density at radius 2 is 1.88 bits per heavy atom. The number of hydrogen-bond acceptors (Lipinski definition) is 2. The van der Waals surface area contributed by atoms with Crippen LogP contribution < -0.4 is 0 Å². The highest BCUT2D eigenvalue weighted by molar-refractivity contribution is 9.09. The second-order valence-corrected chi connectivity index (χ2v) is 6.27. The van der Waals surface area contributed by atoms with Crippen molar-refractivity contribution in [3.8, 4) is 0 Å². The van der Waals surface area contributed by atoms with Gasteiger partial charge in [-0.15, -0.1) is 0 Å². The molecule has 94 valence electrons. The molecule has 0 aromatic heterocycles. The summed E-state index contributed by atoms with van der Waals surface area (Å²) in [6.45, 7) is 1.59. The third kappa shape index (κ3) is 1.80.